The summed E-state index contributed by atoms with van der Waals surface area (Å²) in [5, 5.41) is 3.89. The Bertz CT molecular complexity index is 1050. The molecule has 34 heavy (non-hydrogen) atoms. The summed E-state index contributed by atoms with van der Waals surface area (Å²) in [5.41, 5.74) is 1.09. The molecule has 2 aromatic carbocycles. The Morgan fingerprint density at radius 1 is 1.06 bits per heavy atom. The number of nitrogens with one attached hydrogen (secondary N) is 1. The van der Waals surface area contributed by atoms with E-state index in [0.29, 0.717) is 27.8 Å². The number of ketones is 1. The smallest absolute Gasteiger partial charge is 0.328 e. The molecule has 0 unspecified atom stereocenters. The molecule has 0 saturated heterocycles. The minimum atomic E-state index is -0.835. The number of halogens is 2. The van der Waals surface area contributed by atoms with Crippen molar-refractivity contribution in [1.82, 2.24) is 5.32 Å². The lowest BCUT2D eigenvalue weighted by molar-refractivity contribution is -0.153. The number of hydrogen-bond acceptors (Lipinski definition) is 5. The predicted octanol–water partition coefficient (Wildman–Crippen LogP) is 5.02. The molecule has 1 aliphatic carbocycles. The van der Waals surface area contributed by atoms with Gasteiger partial charge in [-0.15, -0.1) is 0 Å². The maximum absolute atomic E-state index is 12.9. The first-order chi connectivity index (χ1) is 16.0. The molecular formula is C26H29Cl2NO5. The van der Waals surface area contributed by atoms with Gasteiger partial charge in [0.05, 0.1) is 7.11 Å². The lowest BCUT2D eigenvalue weighted by Gasteiger charge is -2.50. The van der Waals surface area contributed by atoms with Gasteiger partial charge in [0.2, 0.25) is 5.91 Å². The van der Waals surface area contributed by atoms with E-state index < -0.39 is 17.4 Å². The molecule has 0 spiro atoms. The fraction of sp³-hybridized carbons (Fsp3) is 0.423. The zero-order valence-electron chi connectivity index (χ0n) is 19.7. The van der Waals surface area contributed by atoms with Crippen LogP contribution in [0.3, 0.4) is 0 Å². The summed E-state index contributed by atoms with van der Waals surface area (Å²) in [6.07, 6.45) is 0.752. The van der Waals surface area contributed by atoms with Gasteiger partial charge >= 0.3 is 5.97 Å². The summed E-state index contributed by atoms with van der Waals surface area (Å²) >= 11 is 12.4. The zero-order valence-corrected chi connectivity index (χ0v) is 21.2. The summed E-state index contributed by atoms with van der Waals surface area (Å²) in [5.74, 6) is -0.548. The number of methoxy groups -OCH3 is 1. The number of carbonyl (C=O) groups is 3. The normalized spacial score (nSPS) is 19.5. The molecule has 0 aliphatic heterocycles. The van der Waals surface area contributed by atoms with Gasteiger partial charge in [0, 0.05) is 33.9 Å². The molecule has 6 nitrogen and oxygen atoms in total. The average molecular weight is 506 g/mol. The molecule has 3 atom stereocenters. The Morgan fingerprint density at radius 2 is 1.68 bits per heavy atom. The van der Waals surface area contributed by atoms with Crippen LogP contribution in [0, 0.1) is 17.3 Å². The van der Waals surface area contributed by atoms with Gasteiger partial charge in [0.1, 0.15) is 24.2 Å². The fourth-order valence-electron chi connectivity index (χ4n) is 4.45. The van der Waals surface area contributed by atoms with E-state index in [9.17, 15) is 14.4 Å². The molecule has 1 N–H and O–H groups in total. The van der Waals surface area contributed by atoms with E-state index in [-0.39, 0.29) is 36.6 Å². The number of hydrogen-bond donors (Lipinski definition) is 1. The van der Waals surface area contributed by atoms with Gasteiger partial charge in [-0.05, 0) is 48.6 Å². The highest BCUT2D eigenvalue weighted by molar-refractivity contribution is 6.35. The maximum Gasteiger partial charge on any atom is 0.328 e. The number of benzene rings is 2. The van der Waals surface area contributed by atoms with Crippen molar-refractivity contribution < 1.29 is 23.9 Å². The van der Waals surface area contributed by atoms with Gasteiger partial charge in [-0.1, -0.05) is 55.2 Å². The van der Waals surface area contributed by atoms with Gasteiger partial charge in [-0.3, -0.25) is 9.59 Å². The van der Waals surface area contributed by atoms with Crippen molar-refractivity contribution in [2.24, 2.45) is 17.3 Å². The van der Waals surface area contributed by atoms with E-state index in [2.05, 4.69) is 5.32 Å². The second-order valence-electron chi connectivity index (χ2n) is 9.19. The molecule has 182 valence electrons. The van der Waals surface area contributed by atoms with E-state index >= 15 is 0 Å². The number of rotatable bonds is 9. The minimum Gasteiger partial charge on any atom is -0.489 e. The first kappa shape index (κ1) is 26.0. The van der Waals surface area contributed by atoms with Crippen molar-refractivity contribution in [3.05, 3.63) is 63.6 Å². The fourth-order valence-corrected chi connectivity index (χ4v) is 4.96. The summed E-state index contributed by atoms with van der Waals surface area (Å²) in [7, 11) is 1.29. The van der Waals surface area contributed by atoms with Crippen LogP contribution in [0.15, 0.2) is 42.5 Å². The van der Waals surface area contributed by atoms with Crippen molar-refractivity contribution in [1.29, 1.82) is 0 Å². The minimum absolute atomic E-state index is 0.0812. The quantitative estimate of drug-likeness (QED) is 0.483. The van der Waals surface area contributed by atoms with E-state index in [4.69, 9.17) is 32.7 Å². The second-order valence-corrected chi connectivity index (χ2v) is 10.0. The van der Waals surface area contributed by atoms with Crippen molar-refractivity contribution in [2.45, 2.75) is 46.3 Å². The molecule has 0 radical (unpaired) electrons. The first-order valence-electron chi connectivity index (χ1n) is 11.1. The third-order valence-electron chi connectivity index (χ3n) is 6.69. The largest absolute Gasteiger partial charge is 0.489 e. The standard InChI is InChI=1S/C26H29Cl2NO5/c1-15(30)19-13-20(26(19,2)3)24(31)29-23(25(32)33-4)12-16-8-10-17(11-9-16)34-14-18-21(27)6-5-7-22(18)28/h5-11,19-20,23H,12-14H2,1-4H3,(H,29,31)/t19-,20+,23-/m0/s1. The molecule has 1 aliphatic rings. The predicted molar refractivity (Wildman–Crippen MR) is 131 cm³/mol. The van der Waals surface area contributed by atoms with Gasteiger partial charge in [-0.2, -0.15) is 0 Å². The SMILES string of the molecule is COC(=O)[C@H](Cc1ccc(OCc2c(Cl)cccc2Cl)cc1)NC(=O)[C@H]1C[C@@H](C(C)=O)C1(C)C. The summed E-state index contributed by atoms with van der Waals surface area (Å²) in [6.45, 7) is 5.59. The van der Waals surface area contributed by atoms with Crippen LogP contribution in [0.5, 0.6) is 5.75 Å². The Hall–Kier alpha value is -2.57. The molecule has 0 aromatic heterocycles. The number of amides is 1. The highest BCUT2D eigenvalue weighted by Crippen LogP contribution is 2.51. The molecule has 0 bridgehead atoms. The van der Waals surface area contributed by atoms with Crippen LogP contribution in [0.2, 0.25) is 10.0 Å². The molecular weight excluding hydrogens is 477 g/mol. The maximum atomic E-state index is 12.9. The third kappa shape index (κ3) is 5.73. The van der Waals surface area contributed by atoms with Crippen molar-refractivity contribution in [3.63, 3.8) is 0 Å². The lowest BCUT2D eigenvalue weighted by Crippen LogP contribution is -2.57. The van der Waals surface area contributed by atoms with Gasteiger partial charge in [-0.25, -0.2) is 4.79 Å². The topological polar surface area (TPSA) is 81.7 Å². The van der Waals surface area contributed by atoms with E-state index in [1.807, 2.05) is 26.0 Å². The first-order valence-corrected chi connectivity index (χ1v) is 11.8. The van der Waals surface area contributed by atoms with Gasteiger partial charge in [0.25, 0.3) is 0 Å². The molecule has 0 heterocycles. The van der Waals surface area contributed by atoms with Crippen LogP contribution in [0.1, 0.15) is 38.3 Å². The summed E-state index contributed by atoms with van der Waals surface area (Å²) in [6, 6.07) is 11.6. The second kappa shape index (κ2) is 10.8. The monoisotopic (exact) mass is 505 g/mol. The highest BCUT2D eigenvalue weighted by Gasteiger charge is 2.53. The number of ether oxygens (including phenoxy) is 2. The van der Waals surface area contributed by atoms with Crippen LogP contribution in [-0.4, -0.2) is 30.8 Å². The Balaban J connectivity index is 1.62. The Morgan fingerprint density at radius 3 is 2.21 bits per heavy atom. The number of Topliss-reactive ketones (excluding diaryl/α,β-unsaturated/α-hetero) is 1. The van der Waals surface area contributed by atoms with Crippen LogP contribution >= 0.6 is 23.2 Å². The Labute approximate surface area is 209 Å². The number of carbonyl (C=O) groups excluding carboxylic acids is 3. The van der Waals surface area contributed by atoms with Crippen molar-refractivity contribution >= 4 is 40.9 Å². The molecule has 8 heteroatoms. The summed E-state index contributed by atoms with van der Waals surface area (Å²) < 4.78 is 10.7. The van der Waals surface area contributed by atoms with Crippen LogP contribution in [0.25, 0.3) is 0 Å². The average Bonchev–Trinajstić information content (AvgIpc) is 2.77. The van der Waals surface area contributed by atoms with E-state index in [1.165, 1.54) is 7.11 Å². The third-order valence-corrected chi connectivity index (χ3v) is 7.39. The molecule has 2 aromatic rings. The van der Waals surface area contributed by atoms with E-state index in [0.717, 1.165) is 5.56 Å². The molecule has 3 rings (SSSR count). The molecule has 1 fully saturated rings. The zero-order chi connectivity index (χ0) is 25.0. The van der Waals surface area contributed by atoms with Crippen molar-refractivity contribution in [2.75, 3.05) is 7.11 Å². The molecule has 1 amide bonds. The van der Waals surface area contributed by atoms with Gasteiger partial charge < -0.3 is 14.8 Å². The van der Waals surface area contributed by atoms with Crippen molar-refractivity contribution in [3.8, 4) is 5.75 Å². The molecule has 1 saturated carbocycles. The summed E-state index contributed by atoms with van der Waals surface area (Å²) in [4.78, 5) is 37.0. The van der Waals surface area contributed by atoms with Crippen LogP contribution < -0.4 is 10.1 Å². The highest BCUT2D eigenvalue weighted by atomic mass is 35.5. The van der Waals surface area contributed by atoms with E-state index in [1.54, 1.807) is 37.3 Å². The number of esters is 1. The Kier molecular flexibility index (Phi) is 8.26. The van der Waals surface area contributed by atoms with Gasteiger partial charge in [0.15, 0.2) is 0 Å². The lowest BCUT2D eigenvalue weighted by atomic mass is 9.53. The van der Waals surface area contributed by atoms with Crippen LogP contribution in [-0.2, 0) is 32.1 Å². The van der Waals surface area contributed by atoms with Crippen LogP contribution in [0.4, 0.5) is 0 Å².